The average molecular weight is 203 g/mol. The van der Waals surface area contributed by atoms with Crippen LogP contribution in [-0.2, 0) is 9.47 Å². The Bertz CT molecular complexity index is 168. The second kappa shape index (κ2) is 6.62. The predicted octanol–water partition coefficient (Wildman–Crippen LogP) is 0.131. The summed E-state index contributed by atoms with van der Waals surface area (Å²) in [5, 5.41) is 11.0. The Hall–Kier alpha value is -0.810. The number of aliphatic hydroxyl groups excluding tert-OH is 1. The highest BCUT2D eigenvalue weighted by Crippen LogP contribution is 2.14. The Labute approximate surface area is 83.4 Å². The first-order valence-corrected chi connectivity index (χ1v) is 4.92. The van der Waals surface area contributed by atoms with Gasteiger partial charge in [-0.3, -0.25) is 0 Å². The molecular weight excluding hydrogens is 186 g/mol. The molecule has 0 aromatic rings. The second-order valence-corrected chi connectivity index (χ2v) is 3.30. The van der Waals surface area contributed by atoms with Gasteiger partial charge in [-0.2, -0.15) is 0 Å². The highest BCUT2D eigenvalue weighted by atomic mass is 16.6. The van der Waals surface area contributed by atoms with Gasteiger partial charge in [0.05, 0.1) is 6.61 Å². The average Bonchev–Trinajstić information content (AvgIpc) is 2.67. The summed E-state index contributed by atoms with van der Waals surface area (Å²) >= 11 is 0. The lowest BCUT2D eigenvalue weighted by Crippen LogP contribution is -2.27. The van der Waals surface area contributed by atoms with Crippen LogP contribution in [0.1, 0.15) is 12.8 Å². The number of hydrogen-bond acceptors (Lipinski definition) is 4. The number of aliphatic hydroxyl groups is 1. The number of carbonyl (C=O) groups excluding carboxylic acids is 1. The molecule has 1 aliphatic rings. The summed E-state index contributed by atoms with van der Waals surface area (Å²) in [7, 11) is 0. The van der Waals surface area contributed by atoms with Gasteiger partial charge in [-0.25, -0.2) is 4.79 Å². The minimum atomic E-state index is -0.460. The zero-order chi connectivity index (χ0) is 10.2. The SMILES string of the molecule is O=C(NCCC1CCOC1)OCCO. The van der Waals surface area contributed by atoms with Crippen LogP contribution in [0.5, 0.6) is 0 Å². The fourth-order valence-electron chi connectivity index (χ4n) is 1.38. The van der Waals surface area contributed by atoms with Crippen molar-refractivity contribution in [2.45, 2.75) is 12.8 Å². The summed E-state index contributed by atoms with van der Waals surface area (Å²) < 4.78 is 9.83. The Kier molecular flexibility index (Phi) is 5.32. The van der Waals surface area contributed by atoms with E-state index in [1.807, 2.05) is 0 Å². The van der Waals surface area contributed by atoms with Crippen LogP contribution in [-0.4, -0.2) is 44.2 Å². The van der Waals surface area contributed by atoms with Gasteiger partial charge in [-0.05, 0) is 18.8 Å². The van der Waals surface area contributed by atoms with Crippen LogP contribution in [0.2, 0.25) is 0 Å². The fraction of sp³-hybridized carbons (Fsp3) is 0.889. The molecular formula is C9H17NO4. The predicted molar refractivity (Wildman–Crippen MR) is 50.0 cm³/mol. The van der Waals surface area contributed by atoms with Crippen LogP contribution in [0, 0.1) is 5.92 Å². The molecule has 0 aromatic heterocycles. The highest BCUT2D eigenvalue weighted by Gasteiger charge is 2.15. The molecule has 0 aliphatic carbocycles. The van der Waals surface area contributed by atoms with Crippen molar-refractivity contribution in [2.75, 3.05) is 33.0 Å². The summed E-state index contributed by atoms with van der Waals surface area (Å²) in [6.07, 6.45) is 1.54. The van der Waals surface area contributed by atoms with Gasteiger partial charge in [-0.15, -0.1) is 0 Å². The third-order valence-corrected chi connectivity index (χ3v) is 2.17. The highest BCUT2D eigenvalue weighted by molar-refractivity contribution is 5.66. The number of carbonyl (C=O) groups is 1. The summed E-state index contributed by atoms with van der Waals surface area (Å²) in [6, 6.07) is 0. The molecule has 14 heavy (non-hydrogen) atoms. The zero-order valence-corrected chi connectivity index (χ0v) is 8.20. The number of rotatable bonds is 5. The second-order valence-electron chi connectivity index (χ2n) is 3.30. The van der Waals surface area contributed by atoms with Crippen molar-refractivity contribution < 1.29 is 19.4 Å². The van der Waals surface area contributed by atoms with E-state index in [1.54, 1.807) is 0 Å². The number of amides is 1. The van der Waals surface area contributed by atoms with E-state index in [0.29, 0.717) is 12.5 Å². The Morgan fingerprint density at radius 2 is 2.50 bits per heavy atom. The molecule has 82 valence electrons. The molecule has 5 nitrogen and oxygen atoms in total. The molecule has 1 heterocycles. The lowest BCUT2D eigenvalue weighted by atomic mass is 10.1. The molecule has 0 saturated carbocycles. The molecule has 0 aromatic carbocycles. The first-order chi connectivity index (χ1) is 6.83. The first-order valence-electron chi connectivity index (χ1n) is 4.92. The fourth-order valence-corrected chi connectivity index (χ4v) is 1.38. The molecule has 0 bridgehead atoms. The molecule has 5 heteroatoms. The lowest BCUT2D eigenvalue weighted by molar-refractivity contribution is 0.118. The molecule has 2 N–H and O–H groups in total. The molecule has 0 radical (unpaired) electrons. The maximum absolute atomic E-state index is 10.9. The summed E-state index contributed by atoms with van der Waals surface area (Å²) in [4.78, 5) is 10.9. The molecule has 1 amide bonds. The number of alkyl carbamates (subject to hydrolysis) is 1. The molecule has 1 rings (SSSR count). The van der Waals surface area contributed by atoms with Gasteiger partial charge in [0, 0.05) is 19.8 Å². The van der Waals surface area contributed by atoms with Crippen LogP contribution >= 0.6 is 0 Å². The van der Waals surface area contributed by atoms with Crippen LogP contribution in [0.15, 0.2) is 0 Å². The van der Waals surface area contributed by atoms with E-state index in [0.717, 1.165) is 26.1 Å². The Morgan fingerprint density at radius 1 is 1.64 bits per heavy atom. The molecule has 1 unspecified atom stereocenters. The minimum absolute atomic E-state index is 0.0539. The van der Waals surface area contributed by atoms with Crippen molar-refractivity contribution in [3.8, 4) is 0 Å². The zero-order valence-electron chi connectivity index (χ0n) is 8.20. The number of ether oxygens (including phenoxy) is 2. The summed E-state index contributed by atoms with van der Waals surface area (Å²) in [5.41, 5.74) is 0. The van der Waals surface area contributed by atoms with Crippen molar-refractivity contribution in [3.63, 3.8) is 0 Å². The van der Waals surface area contributed by atoms with Gasteiger partial charge < -0.3 is 19.9 Å². The normalized spacial score (nSPS) is 20.8. The van der Waals surface area contributed by atoms with E-state index in [4.69, 9.17) is 9.84 Å². The van der Waals surface area contributed by atoms with E-state index in [2.05, 4.69) is 10.1 Å². The summed E-state index contributed by atoms with van der Waals surface area (Å²) in [5.74, 6) is 0.563. The maximum Gasteiger partial charge on any atom is 0.407 e. The number of nitrogens with one attached hydrogen (secondary N) is 1. The van der Waals surface area contributed by atoms with Crippen molar-refractivity contribution in [2.24, 2.45) is 5.92 Å². The molecule has 1 fully saturated rings. The monoisotopic (exact) mass is 203 g/mol. The van der Waals surface area contributed by atoms with Gasteiger partial charge >= 0.3 is 6.09 Å². The maximum atomic E-state index is 10.9. The largest absolute Gasteiger partial charge is 0.447 e. The van der Waals surface area contributed by atoms with Crippen LogP contribution in [0.4, 0.5) is 4.79 Å². The minimum Gasteiger partial charge on any atom is -0.447 e. The van der Waals surface area contributed by atoms with Gasteiger partial charge in [0.2, 0.25) is 0 Å². The van der Waals surface area contributed by atoms with Gasteiger partial charge in [0.15, 0.2) is 0 Å². The van der Waals surface area contributed by atoms with Crippen molar-refractivity contribution in [1.82, 2.24) is 5.32 Å². The molecule has 1 aliphatic heterocycles. The van der Waals surface area contributed by atoms with Gasteiger partial charge in [0.1, 0.15) is 6.61 Å². The Morgan fingerprint density at radius 3 is 3.14 bits per heavy atom. The Balaban J connectivity index is 1.94. The third-order valence-electron chi connectivity index (χ3n) is 2.17. The quantitative estimate of drug-likeness (QED) is 0.666. The van der Waals surface area contributed by atoms with E-state index in [1.165, 1.54) is 0 Å². The number of hydrogen-bond donors (Lipinski definition) is 2. The molecule has 1 atom stereocenters. The first kappa shape index (κ1) is 11.3. The molecule has 1 saturated heterocycles. The van der Waals surface area contributed by atoms with Crippen LogP contribution in [0.25, 0.3) is 0 Å². The van der Waals surface area contributed by atoms with E-state index in [-0.39, 0.29) is 13.2 Å². The van der Waals surface area contributed by atoms with Crippen LogP contribution < -0.4 is 5.32 Å². The smallest absolute Gasteiger partial charge is 0.407 e. The van der Waals surface area contributed by atoms with E-state index >= 15 is 0 Å². The summed E-state index contributed by atoms with van der Waals surface area (Å²) in [6.45, 7) is 2.16. The third kappa shape index (κ3) is 4.43. The van der Waals surface area contributed by atoms with Crippen molar-refractivity contribution >= 4 is 6.09 Å². The van der Waals surface area contributed by atoms with Crippen molar-refractivity contribution in [1.29, 1.82) is 0 Å². The van der Waals surface area contributed by atoms with Gasteiger partial charge in [-0.1, -0.05) is 0 Å². The lowest BCUT2D eigenvalue weighted by Gasteiger charge is -2.08. The molecule has 0 spiro atoms. The van der Waals surface area contributed by atoms with Crippen molar-refractivity contribution in [3.05, 3.63) is 0 Å². The van der Waals surface area contributed by atoms with E-state index < -0.39 is 6.09 Å². The van der Waals surface area contributed by atoms with Crippen LogP contribution in [0.3, 0.4) is 0 Å². The van der Waals surface area contributed by atoms with Gasteiger partial charge in [0.25, 0.3) is 0 Å². The topological polar surface area (TPSA) is 67.8 Å². The van der Waals surface area contributed by atoms with E-state index in [9.17, 15) is 4.79 Å². The standard InChI is InChI=1S/C9H17NO4/c11-4-6-14-9(12)10-3-1-8-2-5-13-7-8/h8,11H,1-7H2,(H,10,12).